The predicted molar refractivity (Wildman–Crippen MR) is 66.3 cm³/mol. The van der Waals surface area contributed by atoms with Gasteiger partial charge in [0.25, 0.3) is 0 Å². The predicted octanol–water partition coefficient (Wildman–Crippen LogP) is 0.581. The summed E-state index contributed by atoms with van der Waals surface area (Å²) in [5.74, 6) is 6.32. The summed E-state index contributed by atoms with van der Waals surface area (Å²) in [5.41, 5.74) is 4.15. The van der Waals surface area contributed by atoms with Crippen LogP contribution in [-0.4, -0.2) is 20.2 Å². The lowest BCUT2D eigenvalue weighted by Gasteiger charge is -2.14. The van der Waals surface area contributed by atoms with Gasteiger partial charge in [-0.1, -0.05) is 6.92 Å². The second kappa shape index (κ2) is 5.35. The molecule has 1 atom stereocenters. The van der Waals surface area contributed by atoms with Crippen LogP contribution in [-0.2, 0) is 19.9 Å². The van der Waals surface area contributed by atoms with Gasteiger partial charge in [0.05, 0.1) is 13.1 Å². The van der Waals surface area contributed by atoms with Gasteiger partial charge >= 0.3 is 0 Å². The highest BCUT2D eigenvalue weighted by Crippen LogP contribution is 2.26. The van der Waals surface area contributed by atoms with E-state index in [0.717, 1.165) is 6.42 Å². The SMILES string of the molecule is CCc1ccsc1C(Cc1nnn(C)n1)NN. The van der Waals surface area contributed by atoms with Crippen molar-refractivity contribution in [2.45, 2.75) is 25.8 Å². The third-order valence-electron chi connectivity index (χ3n) is 2.62. The van der Waals surface area contributed by atoms with E-state index in [1.807, 2.05) is 0 Å². The van der Waals surface area contributed by atoms with Crippen molar-refractivity contribution >= 4 is 11.3 Å². The number of hydrazine groups is 1. The van der Waals surface area contributed by atoms with E-state index in [1.165, 1.54) is 15.2 Å². The summed E-state index contributed by atoms with van der Waals surface area (Å²) in [6, 6.07) is 2.18. The third kappa shape index (κ3) is 2.68. The molecule has 92 valence electrons. The van der Waals surface area contributed by atoms with E-state index in [2.05, 4.69) is 39.2 Å². The normalized spacial score (nSPS) is 12.9. The molecule has 0 bridgehead atoms. The van der Waals surface area contributed by atoms with Crippen LogP contribution >= 0.6 is 11.3 Å². The second-order valence-corrected chi connectivity index (χ2v) is 4.73. The van der Waals surface area contributed by atoms with Gasteiger partial charge in [-0.05, 0) is 28.6 Å². The molecule has 3 N–H and O–H groups in total. The number of nitrogens with zero attached hydrogens (tertiary/aromatic N) is 4. The number of aryl methyl sites for hydroxylation is 2. The van der Waals surface area contributed by atoms with Crippen molar-refractivity contribution in [3.8, 4) is 0 Å². The average molecular weight is 252 g/mol. The Balaban J connectivity index is 2.16. The van der Waals surface area contributed by atoms with E-state index in [0.29, 0.717) is 12.2 Å². The topological polar surface area (TPSA) is 81.7 Å². The maximum Gasteiger partial charge on any atom is 0.176 e. The van der Waals surface area contributed by atoms with Gasteiger partial charge in [-0.3, -0.25) is 11.3 Å². The van der Waals surface area contributed by atoms with E-state index < -0.39 is 0 Å². The minimum absolute atomic E-state index is 0.0501. The molecule has 0 saturated carbocycles. The van der Waals surface area contributed by atoms with Crippen LogP contribution in [0.15, 0.2) is 11.4 Å². The van der Waals surface area contributed by atoms with Crippen molar-refractivity contribution in [1.29, 1.82) is 0 Å². The maximum atomic E-state index is 5.62. The van der Waals surface area contributed by atoms with E-state index in [1.54, 1.807) is 18.4 Å². The van der Waals surface area contributed by atoms with Gasteiger partial charge < -0.3 is 0 Å². The molecule has 0 amide bonds. The van der Waals surface area contributed by atoms with E-state index in [4.69, 9.17) is 5.84 Å². The Morgan fingerprint density at radius 2 is 2.41 bits per heavy atom. The van der Waals surface area contributed by atoms with Crippen molar-refractivity contribution in [3.63, 3.8) is 0 Å². The van der Waals surface area contributed by atoms with Gasteiger partial charge in [-0.2, -0.15) is 4.80 Å². The molecule has 17 heavy (non-hydrogen) atoms. The Labute approximate surface area is 104 Å². The molecule has 1 unspecified atom stereocenters. The third-order valence-corrected chi connectivity index (χ3v) is 3.69. The number of aromatic nitrogens is 4. The summed E-state index contributed by atoms with van der Waals surface area (Å²) in [6.07, 6.45) is 1.66. The molecule has 6 nitrogen and oxygen atoms in total. The molecule has 0 saturated heterocycles. The molecular weight excluding hydrogens is 236 g/mol. The van der Waals surface area contributed by atoms with Gasteiger partial charge in [0.15, 0.2) is 5.82 Å². The molecule has 0 fully saturated rings. The highest BCUT2D eigenvalue weighted by molar-refractivity contribution is 7.10. The molecule has 7 heteroatoms. The zero-order valence-electron chi connectivity index (χ0n) is 9.92. The molecule has 0 radical (unpaired) electrons. The van der Waals surface area contributed by atoms with Gasteiger partial charge in [-0.15, -0.1) is 21.5 Å². The smallest absolute Gasteiger partial charge is 0.176 e. The van der Waals surface area contributed by atoms with Crippen molar-refractivity contribution < 1.29 is 0 Å². The Morgan fingerprint density at radius 1 is 1.59 bits per heavy atom. The van der Waals surface area contributed by atoms with Crippen LogP contribution in [0, 0.1) is 0 Å². The molecule has 0 aliphatic heterocycles. The highest BCUT2D eigenvalue weighted by atomic mass is 32.1. The standard InChI is InChI=1S/C10H16N6S/c1-3-7-4-5-17-10(7)8(12-11)6-9-13-15-16(2)14-9/h4-5,8,12H,3,6,11H2,1-2H3. The van der Waals surface area contributed by atoms with E-state index >= 15 is 0 Å². The Kier molecular flexibility index (Phi) is 3.82. The molecule has 0 aliphatic carbocycles. The maximum absolute atomic E-state index is 5.62. The van der Waals surface area contributed by atoms with Crippen molar-refractivity contribution in [3.05, 3.63) is 27.7 Å². The zero-order valence-corrected chi connectivity index (χ0v) is 10.7. The first-order valence-electron chi connectivity index (χ1n) is 5.49. The summed E-state index contributed by atoms with van der Waals surface area (Å²) in [5, 5.41) is 14.1. The van der Waals surface area contributed by atoms with Crippen molar-refractivity contribution in [1.82, 2.24) is 25.6 Å². The lowest BCUT2D eigenvalue weighted by atomic mass is 10.1. The Hall–Kier alpha value is -1.31. The van der Waals surface area contributed by atoms with Gasteiger partial charge in [0.2, 0.25) is 0 Å². The lowest BCUT2D eigenvalue weighted by Crippen LogP contribution is -2.30. The second-order valence-electron chi connectivity index (χ2n) is 3.78. The lowest BCUT2D eigenvalue weighted by molar-refractivity contribution is 0.541. The summed E-state index contributed by atoms with van der Waals surface area (Å²) < 4.78 is 0. The molecular formula is C10H16N6S. The number of hydrogen-bond donors (Lipinski definition) is 2. The molecule has 0 spiro atoms. The molecule has 0 aliphatic rings. The molecule has 2 aromatic heterocycles. The minimum Gasteiger partial charge on any atom is -0.271 e. The van der Waals surface area contributed by atoms with Crippen LogP contribution in [0.1, 0.15) is 29.2 Å². The van der Waals surface area contributed by atoms with Gasteiger partial charge in [0.1, 0.15) is 0 Å². The van der Waals surface area contributed by atoms with Crippen LogP contribution in [0.25, 0.3) is 0 Å². The van der Waals surface area contributed by atoms with Crippen LogP contribution < -0.4 is 11.3 Å². The van der Waals surface area contributed by atoms with Crippen LogP contribution in [0.4, 0.5) is 0 Å². The Morgan fingerprint density at radius 3 is 3.00 bits per heavy atom. The van der Waals surface area contributed by atoms with Crippen molar-refractivity contribution in [2.24, 2.45) is 12.9 Å². The number of nitrogens with two attached hydrogens (primary N) is 1. The summed E-state index contributed by atoms with van der Waals surface area (Å²) in [7, 11) is 1.75. The minimum atomic E-state index is 0.0501. The monoisotopic (exact) mass is 252 g/mol. The Bertz CT molecular complexity index is 477. The first-order valence-corrected chi connectivity index (χ1v) is 6.37. The average Bonchev–Trinajstić information content (AvgIpc) is 2.94. The number of tetrazole rings is 1. The quantitative estimate of drug-likeness (QED) is 0.601. The van der Waals surface area contributed by atoms with Crippen LogP contribution in [0.3, 0.4) is 0 Å². The largest absolute Gasteiger partial charge is 0.271 e. The highest BCUT2D eigenvalue weighted by Gasteiger charge is 2.17. The number of thiophene rings is 1. The van der Waals surface area contributed by atoms with Crippen LogP contribution in [0.2, 0.25) is 0 Å². The summed E-state index contributed by atoms with van der Waals surface area (Å²) in [6.45, 7) is 2.14. The van der Waals surface area contributed by atoms with Crippen LogP contribution in [0.5, 0.6) is 0 Å². The number of nitrogens with one attached hydrogen (secondary N) is 1. The fourth-order valence-electron chi connectivity index (χ4n) is 1.76. The fourth-order valence-corrected chi connectivity index (χ4v) is 2.82. The molecule has 2 rings (SSSR count). The molecule has 2 heterocycles. The van der Waals surface area contributed by atoms with Crippen molar-refractivity contribution in [2.75, 3.05) is 0 Å². The molecule has 0 aromatic carbocycles. The number of rotatable bonds is 5. The fraction of sp³-hybridized carbons (Fsp3) is 0.500. The first kappa shape index (κ1) is 12.2. The first-order chi connectivity index (χ1) is 8.24. The van der Waals surface area contributed by atoms with E-state index in [9.17, 15) is 0 Å². The van der Waals surface area contributed by atoms with E-state index in [-0.39, 0.29) is 6.04 Å². The zero-order chi connectivity index (χ0) is 12.3. The summed E-state index contributed by atoms with van der Waals surface area (Å²) >= 11 is 1.71. The van der Waals surface area contributed by atoms with Gasteiger partial charge in [0, 0.05) is 11.3 Å². The number of hydrogen-bond acceptors (Lipinski definition) is 6. The summed E-state index contributed by atoms with van der Waals surface area (Å²) in [4.78, 5) is 2.71. The molecule has 2 aromatic rings. The van der Waals surface area contributed by atoms with Gasteiger partial charge in [-0.25, -0.2) is 0 Å².